The van der Waals surface area contributed by atoms with Crippen molar-refractivity contribution < 1.29 is 9.59 Å². The normalized spacial score (nSPS) is 21.5. The molecule has 2 fully saturated rings. The van der Waals surface area contributed by atoms with E-state index in [1.165, 1.54) is 78.3 Å². The minimum Gasteiger partial charge on any atom is -0.361 e. The van der Waals surface area contributed by atoms with Crippen LogP contribution in [0.25, 0.3) is 21.7 Å². The molecule has 1 aromatic heterocycles. The van der Waals surface area contributed by atoms with Crippen molar-refractivity contribution in [2.24, 2.45) is 5.92 Å². The van der Waals surface area contributed by atoms with Gasteiger partial charge in [0.2, 0.25) is 5.91 Å². The molecule has 0 bridgehead atoms. The van der Waals surface area contributed by atoms with Crippen molar-refractivity contribution in [2.75, 3.05) is 19.6 Å². The smallest absolute Gasteiger partial charge is 0.220 e. The Bertz CT molecular complexity index is 1560. The Balaban J connectivity index is 0.843. The zero-order valence-corrected chi connectivity index (χ0v) is 24.0. The van der Waals surface area contributed by atoms with Crippen molar-refractivity contribution in [1.82, 2.24) is 15.2 Å². The molecule has 0 unspecified atom stereocenters. The fourth-order valence-electron chi connectivity index (χ4n) is 7.86. The zero-order chi connectivity index (χ0) is 27.8. The van der Waals surface area contributed by atoms with Crippen LogP contribution in [0.4, 0.5) is 0 Å². The molecule has 2 aliphatic carbocycles. The molecule has 5 heteroatoms. The molecule has 4 aromatic rings. The summed E-state index contributed by atoms with van der Waals surface area (Å²) in [4.78, 5) is 32.0. The summed E-state index contributed by atoms with van der Waals surface area (Å²) in [6.45, 7) is 3.53. The summed E-state index contributed by atoms with van der Waals surface area (Å²) < 4.78 is 0. The number of fused-ring (bicyclic) bond motifs is 1. The van der Waals surface area contributed by atoms with Crippen LogP contribution in [-0.4, -0.2) is 47.3 Å². The summed E-state index contributed by atoms with van der Waals surface area (Å²) in [5.41, 5.74) is 6.19. The van der Waals surface area contributed by atoms with Crippen LogP contribution in [0, 0.1) is 5.92 Å². The van der Waals surface area contributed by atoms with E-state index in [1.807, 2.05) is 6.07 Å². The predicted octanol–water partition coefficient (Wildman–Crippen LogP) is 6.94. The number of nitrogens with zero attached hydrogens (tertiary/aromatic N) is 1. The monoisotopic (exact) mass is 547 g/mol. The quantitative estimate of drug-likeness (QED) is 0.235. The first-order chi connectivity index (χ1) is 20.1. The Kier molecular flexibility index (Phi) is 7.38. The molecule has 7 rings (SSSR count). The van der Waals surface area contributed by atoms with Crippen LogP contribution < -0.4 is 5.32 Å². The minimum atomic E-state index is 0.0204. The van der Waals surface area contributed by atoms with E-state index in [-0.39, 0.29) is 30.6 Å². The number of amides is 1. The van der Waals surface area contributed by atoms with E-state index in [0.29, 0.717) is 5.92 Å². The van der Waals surface area contributed by atoms with E-state index in [2.05, 4.69) is 69.9 Å². The molecule has 5 nitrogen and oxygen atoms in total. The van der Waals surface area contributed by atoms with Crippen LogP contribution in [0.3, 0.4) is 0 Å². The molecular weight excluding hydrogens is 506 g/mol. The number of benzene rings is 3. The lowest BCUT2D eigenvalue weighted by Crippen LogP contribution is -2.41. The second kappa shape index (κ2) is 11.4. The van der Waals surface area contributed by atoms with Crippen LogP contribution in [-0.2, 0) is 17.6 Å². The van der Waals surface area contributed by atoms with Gasteiger partial charge in [-0.1, -0.05) is 48.5 Å². The van der Waals surface area contributed by atoms with Gasteiger partial charge in [-0.3, -0.25) is 9.59 Å². The summed E-state index contributed by atoms with van der Waals surface area (Å²) >= 11 is 0. The summed E-state index contributed by atoms with van der Waals surface area (Å²) in [7, 11) is 0. The third-order valence-electron chi connectivity index (χ3n) is 10.1. The standard InChI is InChI=1S/C36H41N3O2/c40-34(30-15-12-27-11-10-26-4-3-6-31(30)36(26)27)16-17-35(41)38-28-13-8-24(9-14-28)23-39-20-18-25(19-21-39)32-22-37-33-7-2-1-5-29(32)33/h1-7,12,15,22,24-25,28,37H,8-11,13-14,16-21,23H2,(H,38,41). The topological polar surface area (TPSA) is 65.2 Å². The number of Topliss-reactive ketones (excluding diaryl/α,β-unsaturated/α-hetero) is 1. The van der Waals surface area contributed by atoms with Crippen LogP contribution in [0.2, 0.25) is 0 Å². The number of aryl methyl sites for hydroxylation is 2. The highest BCUT2D eigenvalue weighted by molar-refractivity contribution is 6.10. The molecule has 3 aromatic carbocycles. The highest BCUT2D eigenvalue weighted by Crippen LogP contribution is 2.35. The molecule has 1 aliphatic heterocycles. The van der Waals surface area contributed by atoms with E-state index in [1.54, 1.807) is 0 Å². The molecule has 2 N–H and O–H groups in total. The molecule has 0 spiro atoms. The molecule has 0 atom stereocenters. The third kappa shape index (κ3) is 5.44. The van der Waals surface area contributed by atoms with Gasteiger partial charge in [0.05, 0.1) is 0 Å². The van der Waals surface area contributed by atoms with Crippen molar-refractivity contribution in [1.29, 1.82) is 0 Å². The number of hydrogen-bond donors (Lipinski definition) is 2. The number of H-pyrrole nitrogens is 1. The molecule has 1 amide bonds. The number of rotatable bonds is 8. The maximum Gasteiger partial charge on any atom is 0.220 e. The second-order valence-corrected chi connectivity index (χ2v) is 12.7. The van der Waals surface area contributed by atoms with E-state index in [4.69, 9.17) is 0 Å². The first-order valence-corrected chi connectivity index (χ1v) is 15.8. The summed E-state index contributed by atoms with van der Waals surface area (Å²) in [6.07, 6.45) is 11.8. The minimum absolute atomic E-state index is 0.0204. The Labute approximate surface area is 242 Å². The van der Waals surface area contributed by atoms with Crippen LogP contribution in [0.15, 0.2) is 60.8 Å². The molecular formula is C36H41N3O2. The fourth-order valence-corrected chi connectivity index (χ4v) is 7.86. The van der Waals surface area contributed by atoms with E-state index < -0.39 is 0 Å². The highest BCUT2D eigenvalue weighted by atomic mass is 16.2. The molecule has 0 radical (unpaired) electrons. The van der Waals surface area contributed by atoms with Gasteiger partial charge in [0.1, 0.15) is 0 Å². The lowest BCUT2D eigenvalue weighted by molar-refractivity contribution is -0.122. The second-order valence-electron chi connectivity index (χ2n) is 12.7. The number of ketones is 1. The van der Waals surface area contributed by atoms with Gasteiger partial charge in [0.15, 0.2) is 5.78 Å². The first kappa shape index (κ1) is 26.5. The van der Waals surface area contributed by atoms with Crippen molar-refractivity contribution in [3.8, 4) is 0 Å². The van der Waals surface area contributed by atoms with Gasteiger partial charge in [0, 0.05) is 48.1 Å². The lowest BCUT2D eigenvalue weighted by Gasteiger charge is -2.36. The molecule has 3 aliphatic rings. The van der Waals surface area contributed by atoms with E-state index >= 15 is 0 Å². The highest BCUT2D eigenvalue weighted by Gasteiger charge is 2.28. The Morgan fingerprint density at radius 1 is 0.805 bits per heavy atom. The number of aromatic amines is 1. The number of nitrogens with one attached hydrogen (secondary N) is 2. The van der Waals surface area contributed by atoms with Crippen molar-refractivity contribution in [2.45, 2.75) is 76.2 Å². The van der Waals surface area contributed by atoms with Gasteiger partial charge in [-0.2, -0.15) is 0 Å². The summed E-state index contributed by atoms with van der Waals surface area (Å²) in [5, 5.41) is 6.95. The van der Waals surface area contributed by atoms with Gasteiger partial charge in [-0.15, -0.1) is 0 Å². The average molecular weight is 548 g/mol. The molecule has 41 heavy (non-hydrogen) atoms. The Morgan fingerprint density at radius 3 is 2.39 bits per heavy atom. The molecule has 1 saturated carbocycles. The third-order valence-corrected chi connectivity index (χ3v) is 10.1. The van der Waals surface area contributed by atoms with Crippen molar-refractivity contribution >= 4 is 33.4 Å². The van der Waals surface area contributed by atoms with Crippen molar-refractivity contribution in [3.05, 3.63) is 83.0 Å². The van der Waals surface area contributed by atoms with Crippen LogP contribution in [0.5, 0.6) is 0 Å². The SMILES string of the molecule is O=C(CCC(=O)c1ccc2c3c(cccc13)CC2)NC1CCC(CN2CCC(c3c[nH]c4ccccc34)CC2)CC1. The number of carbonyl (C=O) groups excluding carboxylic acids is 2. The van der Waals surface area contributed by atoms with Gasteiger partial charge < -0.3 is 15.2 Å². The number of likely N-dealkylation sites (tertiary alicyclic amines) is 1. The summed E-state index contributed by atoms with van der Waals surface area (Å²) in [6, 6.07) is 19.3. The van der Waals surface area contributed by atoms with E-state index in [9.17, 15) is 9.59 Å². The predicted molar refractivity (Wildman–Crippen MR) is 166 cm³/mol. The number of carbonyl (C=O) groups is 2. The first-order valence-electron chi connectivity index (χ1n) is 15.8. The maximum atomic E-state index is 13.1. The average Bonchev–Trinajstić information content (AvgIpc) is 3.63. The van der Waals surface area contributed by atoms with Crippen molar-refractivity contribution in [3.63, 3.8) is 0 Å². The number of para-hydroxylation sites is 1. The Morgan fingerprint density at radius 2 is 1.56 bits per heavy atom. The molecule has 2 heterocycles. The number of hydrogen-bond acceptors (Lipinski definition) is 3. The van der Waals surface area contributed by atoms with Crippen LogP contribution in [0.1, 0.15) is 84.3 Å². The van der Waals surface area contributed by atoms with Gasteiger partial charge in [-0.25, -0.2) is 0 Å². The zero-order valence-electron chi connectivity index (χ0n) is 24.0. The van der Waals surface area contributed by atoms with E-state index in [0.717, 1.165) is 42.6 Å². The van der Waals surface area contributed by atoms with Gasteiger partial charge in [0.25, 0.3) is 0 Å². The Hall–Kier alpha value is -3.44. The fraction of sp³-hybridized carbons (Fsp3) is 0.444. The van der Waals surface area contributed by atoms with Gasteiger partial charge >= 0.3 is 0 Å². The molecule has 212 valence electrons. The molecule has 1 saturated heterocycles. The maximum absolute atomic E-state index is 13.1. The number of aromatic nitrogens is 1. The lowest BCUT2D eigenvalue weighted by atomic mass is 9.84. The van der Waals surface area contributed by atoms with Gasteiger partial charge in [-0.05, 0) is 110 Å². The number of piperidine rings is 1. The van der Waals surface area contributed by atoms with Crippen LogP contribution >= 0.6 is 0 Å². The largest absolute Gasteiger partial charge is 0.361 e. The summed E-state index contributed by atoms with van der Waals surface area (Å²) in [5.74, 6) is 1.47.